The zero-order valence-corrected chi connectivity index (χ0v) is 12.9. The number of pyridine rings is 1. The van der Waals surface area contributed by atoms with E-state index in [0.717, 1.165) is 12.8 Å². The van der Waals surface area contributed by atoms with Gasteiger partial charge in [0.05, 0.1) is 11.3 Å². The summed E-state index contributed by atoms with van der Waals surface area (Å²) in [6.45, 7) is 1.75. The summed E-state index contributed by atoms with van der Waals surface area (Å²) in [6, 6.07) is 14.1. The van der Waals surface area contributed by atoms with Gasteiger partial charge >= 0.3 is 0 Å². The van der Waals surface area contributed by atoms with Crippen molar-refractivity contribution in [1.82, 2.24) is 10.3 Å². The minimum atomic E-state index is -0.144. The van der Waals surface area contributed by atoms with Gasteiger partial charge in [0.25, 0.3) is 5.91 Å². The first-order chi connectivity index (χ1) is 11.2. The van der Waals surface area contributed by atoms with Crippen LogP contribution in [0.3, 0.4) is 0 Å². The third-order valence-corrected chi connectivity index (χ3v) is 5.07. The molecule has 0 aliphatic heterocycles. The van der Waals surface area contributed by atoms with E-state index < -0.39 is 0 Å². The molecule has 1 saturated carbocycles. The maximum atomic E-state index is 12.4. The van der Waals surface area contributed by atoms with Crippen molar-refractivity contribution in [2.75, 3.05) is 0 Å². The number of fused-ring (bicyclic) bond motifs is 3. The molecule has 0 radical (unpaired) electrons. The highest BCUT2D eigenvalue weighted by Gasteiger charge is 2.53. The van der Waals surface area contributed by atoms with Gasteiger partial charge in [-0.2, -0.15) is 5.26 Å². The number of hydrogen-bond donors (Lipinski definition) is 1. The topological polar surface area (TPSA) is 65.8 Å². The lowest BCUT2D eigenvalue weighted by Crippen LogP contribution is -2.28. The molecular formula is C19H17N3O. The fraction of sp³-hybridized carbons (Fsp3) is 0.316. The third-order valence-electron chi connectivity index (χ3n) is 5.07. The lowest BCUT2D eigenvalue weighted by Gasteiger charge is -2.13. The largest absolute Gasteiger partial charge is 0.347 e. The molecule has 1 N–H and O–H groups in total. The van der Waals surface area contributed by atoms with Gasteiger partial charge in [-0.1, -0.05) is 24.3 Å². The minimum Gasteiger partial charge on any atom is -0.347 e. The molecule has 4 rings (SSSR count). The Morgan fingerprint density at radius 1 is 1.30 bits per heavy atom. The van der Waals surface area contributed by atoms with E-state index in [1.165, 1.54) is 11.1 Å². The van der Waals surface area contributed by atoms with Gasteiger partial charge in [0, 0.05) is 12.0 Å². The van der Waals surface area contributed by atoms with Gasteiger partial charge in [-0.3, -0.25) is 4.79 Å². The molecule has 1 fully saturated rings. The molecule has 2 aliphatic rings. The van der Waals surface area contributed by atoms with Crippen molar-refractivity contribution in [3.05, 3.63) is 64.5 Å². The fourth-order valence-electron chi connectivity index (χ4n) is 3.79. The van der Waals surface area contributed by atoms with Gasteiger partial charge in [0.1, 0.15) is 11.8 Å². The summed E-state index contributed by atoms with van der Waals surface area (Å²) in [6.07, 6.45) is 2.23. The van der Waals surface area contributed by atoms with Crippen LogP contribution in [0.25, 0.3) is 0 Å². The average Bonchev–Trinajstić information content (AvgIpc) is 3.28. The Kier molecular flexibility index (Phi) is 3.16. The van der Waals surface area contributed by atoms with Crippen LogP contribution in [0, 0.1) is 24.2 Å². The Morgan fingerprint density at radius 2 is 2.13 bits per heavy atom. The summed E-state index contributed by atoms with van der Waals surface area (Å²) in [5, 5.41) is 12.1. The van der Waals surface area contributed by atoms with Crippen molar-refractivity contribution >= 4 is 5.91 Å². The first kappa shape index (κ1) is 14.0. The monoisotopic (exact) mass is 303 g/mol. The van der Waals surface area contributed by atoms with Gasteiger partial charge in [-0.25, -0.2) is 4.98 Å². The molecule has 1 amide bonds. The van der Waals surface area contributed by atoms with Crippen LogP contribution in [0.1, 0.15) is 45.2 Å². The summed E-state index contributed by atoms with van der Waals surface area (Å²) in [4.78, 5) is 16.7. The van der Waals surface area contributed by atoms with Crippen LogP contribution in [-0.2, 0) is 6.42 Å². The van der Waals surface area contributed by atoms with Crippen LogP contribution < -0.4 is 5.32 Å². The normalized spacial score (nSPS) is 24.1. The van der Waals surface area contributed by atoms with Gasteiger partial charge in [-0.15, -0.1) is 0 Å². The predicted octanol–water partition coefficient (Wildman–Crippen LogP) is 2.72. The molecular weight excluding hydrogens is 286 g/mol. The fourth-order valence-corrected chi connectivity index (χ4v) is 3.79. The number of hydrogen-bond acceptors (Lipinski definition) is 3. The number of nitriles is 1. The summed E-state index contributed by atoms with van der Waals surface area (Å²) >= 11 is 0. The first-order valence-electron chi connectivity index (χ1n) is 7.95. The molecule has 114 valence electrons. The average molecular weight is 303 g/mol. The second-order valence-corrected chi connectivity index (χ2v) is 6.37. The van der Waals surface area contributed by atoms with Crippen molar-refractivity contribution in [3.8, 4) is 6.07 Å². The maximum absolute atomic E-state index is 12.4. The van der Waals surface area contributed by atoms with E-state index >= 15 is 0 Å². The number of aromatic nitrogens is 1. The summed E-state index contributed by atoms with van der Waals surface area (Å²) in [5.41, 5.74) is 4.29. The number of amides is 1. The molecule has 0 unspecified atom stereocenters. The quantitative estimate of drug-likeness (QED) is 0.927. The van der Waals surface area contributed by atoms with Crippen LogP contribution in [0.5, 0.6) is 0 Å². The van der Waals surface area contributed by atoms with E-state index in [4.69, 9.17) is 5.26 Å². The molecule has 0 saturated heterocycles. The molecule has 0 bridgehead atoms. The second-order valence-electron chi connectivity index (χ2n) is 6.37. The van der Waals surface area contributed by atoms with Gasteiger partial charge in [-0.05, 0) is 48.9 Å². The van der Waals surface area contributed by atoms with E-state index in [2.05, 4.69) is 40.6 Å². The van der Waals surface area contributed by atoms with Crippen molar-refractivity contribution in [1.29, 1.82) is 5.26 Å². The van der Waals surface area contributed by atoms with Crippen molar-refractivity contribution < 1.29 is 4.79 Å². The second kappa shape index (κ2) is 5.20. The van der Waals surface area contributed by atoms with Crippen LogP contribution in [0.2, 0.25) is 0 Å². The Balaban J connectivity index is 1.51. The van der Waals surface area contributed by atoms with Crippen molar-refractivity contribution in [3.63, 3.8) is 0 Å². The summed E-state index contributed by atoms with van der Waals surface area (Å²) < 4.78 is 0. The molecule has 1 heterocycles. The molecule has 1 aromatic carbocycles. The van der Waals surface area contributed by atoms with Crippen LogP contribution >= 0.6 is 0 Å². The molecule has 4 nitrogen and oxygen atoms in total. The number of nitrogens with one attached hydrogen (secondary N) is 1. The smallest absolute Gasteiger partial charge is 0.270 e. The number of aryl methyl sites for hydroxylation is 2. The van der Waals surface area contributed by atoms with Gasteiger partial charge < -0.3 is 5.32 Å². The number of nitrogens with zero attached hydrogens (tertiary/aromatic N) is 2. The molecule has 1 aromatic heterocycles. The molecule has 0 spiro atoms. The third kappa shape index (κ3) is 2.29. The number of carbonyl (C=O) groups is 1. The standard InChI is InChI=1S/C19H17N3O/c1-11-13(10-20)7-9-16(21-11)19(23)22-18-15-8-6-12-4-2-3-5-14(12)17(15)18/h2-5,7,9,15,17-18H,6,8H2,1H3,(H,22,23)/t15-,17-,18-/m1/s1. The molecule has 23 heavy (non-hydrogen) atoms. The highest BCUT2D eigenvalue weighted by atomic mass is 16.2. The van der Waals surface area contributed by atoms with E-state index in [1.807, 2.05) is 0 Å². The van der Waals surface area contributed by atoms with Crippen LogP contribution in [0.4, 0.5) is 0 Å². The van der Waals surface area contributed by atoms with Crippen molar-refractivity contribution in [2.24, 2.45) is 5.92 Å². The lowest BCUT2D eigenvalue weighted by atomic mass is 9.92. The van der Waals surface area contributed by atoms with Crippen LogP contribution in [0.15, 0.2) is 36.4 Å². The SMILES string of the molecule is Cc1nc(C(=O)N[C@@H]2[C@@H]3CCc4ccccc4[C@H]32)ccc1C#N. The minimum absolute atomic E-state index is 0.144. The van der Waals surface area contributed by atoms with E-state index in [0.29, 0.717) is 28.8 Å². The highest BCUT2D eigenvalue weighted by molar-refractivity contribution is 5.93. The summed E-state index contributed by atoms with van der Waals surface area (Å²) in [5.74, 6) is 0.853. The van der Waals surface area contributed by atoms with E-state index in [1.54, 1.807) is 19.1 Å². The lowest BCUT2D eigenvalue weighted by molar-refractivity contribution is 0.0943. The number of carbonyl (C=O) groups excluding carboxylic acids is 1. The maximum Gasteiger partial charge on any atom is 0.270 e. The zero-order valence-electron chi connectivity index (χ0n) is 12.9. The van der Waals surface area contributed by atoms with E-state index in [9.17, 15) is 4.79 Å². The predicted molar refractivity (Wildman–Crippen MR) is 85.9 cm³/mol. The van der Waals surface area contributed by atoms with E-state index in [-0.39, 0.29) is 11.9 Å². The number of benzene rings is 1. The molecule has 3 atom stereocenters. The molecule has 2 aromatic rings. The zero-order chi connectivity index (χ0) is 16.0. The van der Waals surface area contributed by atoms with Gasteiger partial charge in [0.15, 0.2) is 0 Å². The Hall–Kier alpha value is -2.67. The van der Waals surface area contributed by atoms with Crippen LogP contribution in [-0.4, -0.2) is 16.9 Å². The highest BCUT2D eigenvalue weighted by Crippen LogP contribution is 2.54. The molecule has 4 heteroatoms. The Labute approximate surface area is 135 Å². The van der Waals surface area contributed by atoms with Gasteiger partial charge in [0.2, 0.25) is 0 Å². The number of rotatable bonds is 2. The first-order valence-corrected chi connectivity index (χ1v) is 7.95. The Bertz CT molecular complexity index is 837. The Morgan fingerprint density at radius 3 is 2.91 bits per heavy atom. The van der Waals surface area contributed by atoms with Crippen molar-refractivity contribution in [2.45, 2.75) is 31.7 Å². The molecule has 2 aliphatic carbocycles. The summed E-state index contributed by atoms with van der Waals surface area (Å²) in [7, 11) is 0.